The standard InChI is InChI=1S/C6H7NO3S2/c8-4-3-12-5(2-11)7(4)1-6(9)10/h2,5H,1,3H2,(H,9,10). The number of carboxylic acids is 1. The summed E-state index contributed by atoms with van der Waals surface area (Å²) in [5.74, 6) is -0.841. The summed E-state index contributed by atoms with van der Waals surface area (Å²) < 4.78 is 0. The SMILES string of the molecule is O=C(O)CN1C(=O)CSC1C=S. The van der Waals surface area contributed by atoms with Crippen molar-refractivity contribution in [2.45, 2.75) is 5.37 Å². The molecule has 4 nitrogen and oxygen atoms in total. The van der Waals surface area contributed by atoms with Crippen LogP contribution in [0, 0.1) is 0 Å². The minimum Gasteiger partial charge on any atom is -0.480 e. The summed E-state index contributed by atoms with van der Waals surface area (Å²) in [6.45, 7) is -0.260. The Bertz CT molecular complexity index is 231. The molecule has 0 spiro atoms. The Morgan fingerprint density at radius 1 is 1.92 bits per heavy atom. The molecule has 0 saturated carbocycles. The molecule has 1 aliphatic rings. The fourth-order valence-electron chi connectivity index (χ4n) is 0.908. The maximum atomic E-state index is 11.1. The van der Waals surface area contributed by atoms with Crippen LogP contribution in [0.15, 0.2) is 0 Å². The maximum absolute atomic E-state index is 11.1. The van der Waals surface area contributed by atoms with E-state index in [2.05, 4.69) is 12.2 Å². The van der Waals surface area contributed by atoms with E-state index in [9.17, 15) is 9.59 Å². The minimum atomic E-state index is -1.01. The largest absolute Gasteiger partial charge is 0.480 e. The van der Waals surface area contributed by atoms with Crippen LogP contribution in [0.5, 0.6) is 0 Å². The number of carbonyl (C=O) groups excluding carboxylic acids is 1. The molecule has 1 amide bonds. The van der Waals surface area contributed by atoms with Crippen molar-refractivity contribution in [1.82, 2.24) is 4.90 Å². The van der Waals surface area contributed by atoms with Gasteiger partial charge in [-0.1, -0.05) is 12.2 Å². The van der Waals surface area contributed by atoms with Crippen molar-refractivity contribution in [2.24, 2.45) is 0 Å². The molecule has 66 valence electrons. The number of hydrogen-bond donors (Lipinski definition) is 1. The fourth-order valence-corrected chi connectivity index (χ4v) is 2.22. The molecule has 12 heavy (non-hydrogen) atoms. The summed E-state index contributed by atoms with van der Waals surface area (Å²) in [6, 6.07) is 0. The average molecular weight is 205 g/mol. The number of nitrogens with zero attached hydrogens (tertiary/aromatic N) is 1. The van der Waals surface area contributed by atoms with Crippen molar-refractivity contribution in [3.8, 4) is 0 Å². The lowest BCUT2D eigenvalue weighted by Gasteiger charge is -2.17. The summed E-state index contributed by atoms with van der Waals surface area (Å²) in [6.07, 6.45) is 0. The smallest absolute Gasteiger partial charge is 0.323 e. The molecule has 6 heteroatoms. The molecule has 0 aromatic heterocycles. The average Bonchev–Trinajstić information content (AvgIpc) is 2.32. The molecule has 0 radical (unpaired) electrons. The molecular weight excluding hydrogens is 198 g/mol. The first kappa shape index (κ1) is 9.47. The minimum absolute atomic E-state index is 0.159. The lowest BCUT2D eigenvalue weighted by molar-refractivity contribution is -0.142. The van der Waals surface area contributed by atoms with Crippen molar-refractivity contribution in [3.63, 3.8) is 0 Å². The second-order valence-corrected chi connectivity index (χ2v) is 3.63. The van der Waals surface area contributed by atoms with E-state index in [0.717, 1.165) is 0 Å². The van der Waals surface area contributed by atoms with Gasteiger partial charge < -0.3 is 10.0 Å². The van der Waals surface area contributed by atoms with Crippen LogP contribution in [0.2, 0.25) is 0 Å². The molecule has 0 aromatic rings. The normalized spacial score (nSPS) is 22.8. The van der Waals surface area contributed by atoms with Crippen molar-refractivity contribution < 1.29 is 14.7 Å². The fraction of sp³-hybridized carbons (Fsp3) is 0.500. The van der Waals surface area contributed by atoms with Gasteiger partial charge in [-0.25, -0.2) is 0 Å². The van der Waals surface area contributed by atoms with E-state index in [4.69, 9.17) is 5.11 Å². The molecule has 1 rings (SSSR count). The van der Waals surface area contributed by atoms with Gasteiger partial charge in [0.2, 0.25) is 5.91 Å². The van der Waals surface area contributed by atoms with E-state index in [0.29, 0.717) is 5.75 Å². The first-order chi connectivity index (χ1) is 5.65. The van der Waals surface area contributed by atoms with Crippen LogP contribution in [0.1, 0.15) is 0 Å². The van der Waals surface area contributed by atoms with Gasteiger partial charge >= 0.3 is 5.97 Å². The number of carboxylic acid groups (broad SMARTS) is 1. The molecule has 1 unspecified atom stereocenters. The number of carbonyl (C=O) groups is 2. The van der Waals surface area contributed by atoms with E-state index in [-0.39, 0.29) is 17.8 Å². The van der Waals surface area contributed by atoms with Crippen molar-refractivity contribution >= 4 is 41.2 Å². The van der Waals surface area contributed by atoms with E-state index in [1.165, 1.54) is 22.0 Å². The van der Waals surface area contributed by atoms with Gasteiger partial charge in [-0.2, -0.15) is 0 Å². The Balaban J connectivity index is 2.63. The lowest BCUT2D eigenvalue weighted by atomic mass is 10.4. The molecule has 1 fully saturated rings. The van der Waals surface area contributed by atoms with Gasteiger partial charge in [-0.3, -0.25) is 9.59 Å². The van der Waals surface area contributed by atoms with Gasteiger partial charge in [0.15, 0.2) is 0 Å². The number of thioether (sulfide) groups is 1. The predicted molar refractivity (Wildman–Crippen MR) is 49.2 cm³/mol. The molecule has 1 atom stereocenters. The second-order valence-electron chi connectivity index (χ2n) is 2.25. The highest BCUT2D eigenvalue weighted by molar-refractivity contribution is 8.02. The maximum Gasteiger partial charge on any atom is 0.323 e. The van der Waals surface area contributed by atoms with Gasteiger partial charge in [0.25, 0.3) is 0 Å². The zero-order valence-electron chi connectivity index (χ0n) is 6.10. The third-order valence-corrected chi connectivity index (χ3v) is 3.00. The highest BCUT2D eigenvalue weighted by Crippen LogP contribution is 2.22. The van der Waals surface area contributed by atoms with Crippen LogP contribution in [0.3, 0.4) is 0 Å². The van der Waals surface area contributed by atoms with Crippen LogP contribution < -0.4 is 0 Å². The first-order valence-corrected chi connectivity index (χ1v) is 4.75. The Labute approximate surface area is 78.9 Å². The molecule has 1 saturated heterocycles. The first-order valence-electron chi connectivity index (χ1n) is 3.23. The van der Waals surface area contributed by atoms with Crippen LogP contribution >= 0.6 is 24.0 Å². The number of aliphatic carboxylic acids is 1. The van der Waals surface area contributed by atoms with Crippen LogP contribution in [0.25, 0.3) is 0 Å². The van der Waals surface area contributed by atoms with Crippen LogP contribution in [-0.2, 0) is 9.59 Å². The molecule has 1 aliphatic heterocycles. The van der Waals surface area contributed by atoms with Gasteiger partial charge in [-0.15, -0.1) is 11.8 Å². The Kier molecular flexibility index (Phi) is 3.05. The quantitative estimate of drug-likeness (QED) is 0.656. The summed E-state index contributed by atoms with van der Waals surface area (Å²) in [5, 5.41) is 9.62. The number of thiocarbonyl (C=S) groups is 1. The Morgan fingerprint density at radius 3 is 3.08 bits per heavy atom. The number of rotatable bonds is 3. The van der Waals surface area contributed by atoms with E-state index < -0.39 is 5.97 Å². The zero-order chi connectivity index (χ0) is 9.14. The third-order valence-electron chi connectivity index (χ3n) is 1.43. The molecule has 1 N–H and O–H groups in total. The zero-order valence-corrected chi connectivity index (χ0v) is 7.73. The van der Waals surface area contributed by atoms with Crippen LogP contribution in [0.4, 0.5) is 0 Å². The number of hydrogen-bond acceptors (Lipinski definition) is 4. The lowest BCUT2D eigenvalue weighted by Crippen LogP contribution is -2.37. The van der Waals surface area contributed by atoms with E-state index in [1.807, 2.05) is 0 Å². The van der Waals surface area contributed by atoms with Gasteiger partial charge in [-0.05, 0) is 0 Å². The molecule has 1 heterocycles. The Hall–Kier alpha value is -0.620. The summed E-state index contributed by atoms with van der Waals surface area (Å²) in [7, 11) is 0. The molecular formula is C6H7NO3S2. The van der Waals surface area contributed by atoms with Gasteiger partial charge in [0, 0.05) is 5.37 Å². The monoisotopic (exact) mass is 205 g/mol. The highest BCUT2D eigenvalue weighted by atomic mass is 32.2. The topological polar surface area (TPSA) is 57.6 Å². The molecule has 0 bridgehead atoms. The van der Waals surface area contributed by atoms with Crippen molar-refractivity contribution in [2.75, 3.05) is 12.3 Å². The third kappa shape index (κ3) is 1.95. The highest BCUT2D eigenvalue weighted by Gasteiger charge is 2.31. The molecule has 0 aromatic carbocycles. The van der Waals surface area contributed by atoms with Gasteiger partial charge in [0.1, 0.15) is 11.9 Å². The second kappa shape index (κ2) is 3.86. The van der Waals surface area contributed by atoms with Gasteiger partial charge in [0.05, 0.1) is 5.75 Å². The summed E-state index contributed by atoms with van der Waals surface area (Å²) >= 11 is 6.02. The van der Waals surface area contributed by atoms with Crippen LogP contribution in [-0.4, -0.2) is 44.9 Å². The summed E-state index contributed by atoms with van der Waals surface area (Å²) in [5.41, 5.74) is 0. The van der Waals surface area contributed by atoms with Crippen molar-refractivity contribution in [1.29, 1.82) is 0 Å². The molecule has 0 aliphatic carbocycles. The summed E-state index contributed by atoms with van der Waals surface area (Å²) in [4.78, 5) is 22.6. The van der Waals surface area contributed by atoms with E-state index in [1.54, 1.807) is 0 Å². The number of amides is 1. The predicted octanol–water partition coefficient (Wildman–Crippen LogP) is -0.0278. The van der Waals surface area contributed by atoms with E-state index >= 15 is 0 Å². The Morgan fingerprint density at radius 2 is 2.58 bits per heavy atom. The van der Waals surface area contributed by atoms with Crippen molar-refractivity contribution in [3.05, 3.63) is 0 Å².